The first-order valence-electron chi connectivity index (χ1n) is 5.21. The number of aromatic hydroxyl groups is 1. The van der Waals surface area contributed by atoms with Gasteiger partial charge in [-0.25, -0.2) is 0 Å². The Bertz CT molecular complexity index is 414. The van der Waals surface area contributed by atoms with Crippen LogP contribution in [0.1, 0.15) is 24.0 Å². The minimum absolute atomic E-state index is 0.274. The summed E-state index contributed by atoms with van der Waals surface area (Å²) in [5.74, 6) is 0.274. The molecule has 1 aromatic carbocycles. The van der Waals surface area contributed by atoms with E-state index < -0.39 is 0 Å². The Kier molecular flexibility index (Phi) is 2.51. The first-order chi connectivity index (χ1) is 7.24. The zero-order valence-corrected chi connectivity index (χ0v) is 8.82. The summed E-state index contributed by atoms with van der Waals surface area (Å²) in [6, 6.07) is 5.47. The second-order valence-electron chi connectivity index (χ2n) is 3.91. The molecule has 0 saturated carbocycles. The van der Waals surface area contributed by atoms with Crippen LogP contribution in [-0.4, -0.2) is 18.2 Å². The highest BCUT2D eigenvalue weighted by Gasteiger charge is 2.19. The first-order valence-corrected chi connectivity index (χ1v) is 5.21. The normalized spacial score (nSPS) is 15.3. The lowest BCUT2D eigenvalue weighted by Crippen LogP contribution is -2.19. The topological polar surface area (TPSA) is 47.3 Å². The number of rotatable bonds is 1. The second kappa shape index (κ2) is 3.82. The molecule has 2 rings (SSSR count). The Balaban J connectivity index is 2.51. The van der Waals surface area contributed by atoms with E-state index in [1.807, 2.05) is 6.92 Å². The zero-order valence-electron chi connectivity index (χ0n) is 8.82. The summed E-state index contributed by atoms with van der Waals surface area (Å²) < 4.78 is 0. The van der Waals surface area contributed by atoms with Crippen molar-refractivity contribution in [2.45, 2.75) is 19.8 Å². The SMILES string of the molecule is Cc1c(O)ccc(C#N)c1N1CCCC1. The summed E-state index contributed by atoms with van der Waals surface area (Å²) >= 11 is 0. The molecule has 1 aliphatic rings. The summed E-state index contributed by atoms with van der Waals surface area (Å²) in [5.41, 5.74) is 2.39. The lowest BCUT2D eigenvalue weighted by molar-refractivity contribution is 0.471. The first kappa shape index (κ1) is 9.85. The summed E-state index contributed by atoms with van der Waals surface area (Å²) in [5, 5.41) is 18.7. The Hall–Kier alpha value is -1.69. The van der Waals surface area contributed by atoms with Crippen LogP contribution in [0.3, 0.4) is 0 Å². The highest BCUT2D eigenvalue weighted by atomic mass is 16.3. The van der Waals surface area contributed by atoms with Gasteiger partial charge < -0.3 is 10.0 Å². The number of hydrogen-bond donors (Lipinski definition) is 1. The van der Waals surface area contributed by atoms with Gasteiger partial charge in [-0.3, -0.25) is 0 Å². The number of phenolic OH excluding ortho intramolecular Hbond substituents is 1. The largest absolute Gasteiger partial charge is 0.508 e. The number of nitrogens with zero attached hydrogens (tertiary/aromatic N) is 2. The molecule has 3 heteroatoms. The monoisotopic (exact) mass is 202 g/mol. The molecular weight excluding hydrogens is 188 g/mol. The van der Waals surface area contributed by atoms with E-state index in [2.05, 4.69) is 11.0 Å². The maximum atomic E-state index is 9.64. The van der Waals surface area contributed by atoms with Gasteiger partial charge >= 0.3 is 0 Å². The van der Waals surface area contributed by atoms with Gasteiger partial charge in [0.2, 0.25) is 0 Å². The lowest BCUT2D eigenvalue weighted by atomic mass is 10.1. The third kappa shape index (κ3) is 1.63. The van der Waals surface area contributed by atoms with E-state index in [1.165, 1.54) is 12.8 Å². The fourth-order valence-corrected chi connectivity index (χ4v) is 2.13. The second-order valence-corrected chi connectivity index (χ2v) is 3.91. The summed E-state index contributed by atoms with van der Waals surface area (Å²) in [4.78, 5) is 2.19. The number of benzene rings is 1. The Morgan fingerprint density at radius 3 is 2.60 bits per heavy atom. The Morgan fingerprint density at radius 2 is 2.00 bits per heavy atom. The van der Waals surface area contributed by atoms with Crippen molar-refractivity contribution in [2.75, 3.05) is 18.0 Å². The van der Waals surface area contributed by atoms with Crippen LogP contribution in [0.2, 0.25) is 0 Å². The minimum Gasteiger partial charge on any atom is -0.508 e. The van der Waals surface area contributed by atoms with Crippen LogP contribution in [0.25, 0.3) is 0 Å². The van der Waals surface area contributed by atoms with Crippen molar-refractivity contribution >= 4 is 5.69 Å². The van der Waals surface area contributed by atoms with Crippen LogP contribution in [0.5, 0.6) is 5.75 Å². The van der Waals surface area contributed by atoms with Crippen molar-refractivity contribution in [2.24, 2.45) is 0 Å². The van der Waals surface area contributed by atoms with Gasteiger partial charge in [0.15, 0.2) is 0 Å². The van der Waals surface area contributed by atoms with Crippen molar-refractivity contribution in [3.05, 3.63) is 23.3 Å². The van der Waals surface area contributed by atoms with Gasteiger partial charge in [-0.15, -0.1) is 0 Å². The molecular formula is C12H14N2O. The predicted molar refractivity (Wildman–Crippen MR) is 59.0 cm³/mol. The zero-order chi connectivity index (χ0) is 10.8. The molecule has 15 heavy (non-hydrogen) atoms. The fraction of sp³-hybridized carbons (Fsp3) is 0.417. The van der Waals surface area contributed by atoms with Crippen molar-refractivity contribution in [1.29, 1.82) is 5.26 Å². The number of phenols is 1. The molecule has 1 aromatic rings. The van der Waals surface area contributed by atoms with Crippen molar-refractivity contribution in [1.82, 2.24) is 0 Å². The lowest BCUT2D eigenvalue weighted by Gasteiger charge is -2.21. The van der Waals surface area contributed by atoms with Crippen LogP contribution in [0, 0.1) is 18.3 Å². The maximum absolute atomic E-state index is 9.64. The molecule has 78 valence electrons. The van der Waals surface area contributed by atoms with E-state index in [1.54, 1.807) is 12.1 Å². The quantitative estimate of drug-likeness (QED) is 0.759. The third-order valence-corrected chi connectivity index (χ3v) is 2.95. The van der Waals surface area contributed by atoms with E-state index in [-0.39, 0.29) is 5.75 Å². The predicted octanol–water partition coefficient (Wildman–Crippen LogP) is 2.17. The fourth-order valence-electron chi connectivity index (χ4n) is 2.13. The summed E-state index contributed by atoms with van der Waals surface area (Å²) in [6.45, 7) is 3.84. The van der Waals surface area contributed by atoms with Crippen LogP contribution in [-0.2, 0) is 0 Å². The molecule has 0 bridgehead atoms. The van der Waals surface area contributed by atoms with Crippen molar-refractivity contribution < 1.29 is 5.11 Å². The Morgan fingerprint density at radius 1 is 1.33 bits per heavy atom. The van der Waals surface area contributed by atoms with Gasteiger partial charge in [0.25, 0.3) is 0 Å². The van der Waals surface area contributed by atoms with Crippen LogP contribution >= 0.6 is 0 Å². The molecule has 0 unspecified atom stereocenters. The maximum Gasteiger partial charge on any atom is 0.120 e. The number of nitriles is 1. The highest BCUT2D eigenvalue weighted by molar-refractivity contribution is 5.67. The molecule has 0 aliphatic carbocycles. The molecule has 0 spiro atoms. The van der Waals surface area contributed by atoms with Gasteiger partial charge in [0, 0.05) is 18.7 Å². The van der Waals surface area contributed by atoms with Gasteiger partial charge in [-0.05, 0) is 31.9 Å². The van der Waals surface area contributed by atoms with Crippen molar-refractivity contribution in [3.8, 4) is 11.8 Å². The van der Waals surface area contributed by atoms with Crippen molar-refractivity contribution in [3.63, 3.8) is 0 Å². The van der Waals surface area contributed by atoms with Gasteiger partial charge in [0.1, 0.15) is 11.8 Å². The van der Waals surface area contributed by atoms with E-state index in [4.69, 9.17) is 5.26 Å². The molecule has 0 amide bonds. The van der Waals surface area contributed by atoms with Crippen LogP contribution < -0.4 is 4.90 Å². The molecule has 1 fully saturated rings. The third-order valence-electron chi connectivity index (χ3n) is 2.95. The summed E-state index contributed by atoms with van der Waals surface area (Å²) in [7, 11) is 0. The van der Waals surface area contributed by atoms with Gasteiger partial charge in [0.05, 0.1) is 11.3 Å². The van der Waals surface area contributed by atoms with E-state index in [0.717, 1.165) is 24.3 Å². The molecule has 0 atom stereocenters. The van der Waals surface area contributed by atoms with Crippen LogP contribution in [0.15, 0.2) is 12.1 Å². The number of hydrogen-bond acceptors (Lipinski definition) is 3. The molecule has 0 aromatic heterocycles. The van der Waals surface area contributed by atoms with E-state index in [0.29, 0.717) is 5.56 Å². The molecule has 0 radical (unpaired) electrons. The molecule has 1 saturated heterocycles. The highest BCUT2D eigenvalue weighted by Crippen LogP contribution is 2.33. The average molecular weight is 202 g/mol. The Labute approximate surface area is 89.6 Å². The van der Waals surface area contributed by atoms with Crippen LogP contribution in [0.4, 0.5) is 5.69 Å². The molecule has 1 N–H and O–H groups in total. The molecule has 3 nitrogen and oxygen atoms in total. The molecule has 1 aliphatic heterocycles. The van der Waals surface area contributed by atoms with E-state index in [9.17, 15) is 5.11 Å². The molecule has 1 heterocycles. The number of anilines is 1. The smallest absolute Gasteiger partial charge is 0.120 e. The van der Waals surface area contributed by atoms with Gasteiger partial charge in [-0.1, -0.05) is 0 Å². The van der Waals surface area contributed by atoms with E-state index >= 15 is 0 Å². The minimum atomic E-state index is 0.274. The summed E-state index contributed by atoms with van der Waals surface area (Å²) in [6.07, 6.45) is 2.33. The van der Waals surface area contributed by atoms with Gasteiger partial charge in [-0.2, -0.15) is 5.26 Å². The standard InChI is InChI=1S/C12H14N2O/c1-9-11(15)5-4-10(8-13)12(9)14-6-2-3-7-14/h4-5,15H,2-3,6-7H2,1H3. The average Bonchev–Trinajstić information content (AvgIpc) is 2.75.